The topological polar surface area (TPSA) is 15.6 Å². The van der Waals surface area contributed by atoms with Crippen LogP contribution in [0.25, 0.3) is 0 Å². The minimum absolute atomic E-state index is 0.283. The molecule has 2 nitrogen and oxygen atoms in total. The molecule has 0 saturated carbocycles. The molecular weight excluding hydrogens is 282 g/mol. The first-order valence-corrected chi connectivity index (χ1v) is 7.27. The third kappa shape index (κ3) is 4.13. The summed E-state index contributed by atoms with van der Waals surface area (Å²) in [7, 11) is 1.91. The summed E-state index contributed by atoms with van der Waals surface area (Å²) in [6, 6.07) is 9.28. The van der Waals surface area contributed by atoms with E-state index in [-0.39, 0.29) is 11.6 Å². The van der Waals surface area contributed by atoms with Gasteiger partial charge in [-0.1, -0.05) is 12.1 Å². The molecule has 4 heteroatoms. The van der Waals surface area contributed by atoms with Crippen molar-refractivity contribution < 1.29 is 8.78 Å². The van der Waals surface area contributed by atoms with E-state index in [9.17, 15) is 8.78 Å². The average molecular weight is 302 g/mol. The Balaban J connectivity index is 2.32. The van der Waals surface area contributed by atoms with Crippen LogP contribution in [-0.4, -0.2) is 24.8 Å². The van der Waals surface area contributed by atoms with Crippen LogP contribution in [0.1, 0.15) is 23.6 Å². The zero-order valence-electron chi connectivity index (χ0n) is 13.1. The molecule has 0 spiro atoms. The van der Waals surface area contributed by atoms with Gasteiger partial charge in [0.25, 0.3) is 0 Å². The van der Waals surface area contributed by atoms with Crippen LogP contribution < -0.4 is 0 Å². The number of nitrogens with zero attached hydrogens (tertiary/aromatic N) is 2. The molecule has 0 bridgehead atoms. The summed E-state index contributed by atoms with van der Waals surface area (Å²) in [4.78, 5) is 6.26. The Hall–Kier alpha value is -2.23. The van der Waals surface area contributed by atoms with E-state index in [4.69, 9.17) is 0 Å². The Morgan fingerprint density at radius 1 is 1.14 bits per heavy atom. The van der Waals surface area contributed by atoms with Crippen LogP contribution in [-0.2, 0) is 6.42 Å². The van der Waals surface area contributed by atoms with Crippen molar-refractivity contribution in [1.82, 2.24) is 4.90 Å². The molecule has 0 N–H and O–H groups in total. The first kappa shape index (κ1) is 16.1. The molecule has 0 heterocycles. The molecule has 0 fully saturated rings. The molecule has 0 atom stereocenters. The van der Waals surface area contributed by atoms with E-state index in [1.807, 2.05) is 31.9 Å². The van der Waals surface area contributed by atoms with Crippen molar-refractivity contribution in [3.8, 4) is 0 Å². The lowest BCUT2D eigenvalue weighted by Gasteiger charge is -2.12. The van der Waals surface area contributed by atoms with E-state index in [1.165, 1.54) is 24.3 Å². The number of rotatable bonds is 5. The fourth-order valence-corrected chi connectivity index (χ4v) is 2.15. The Morgan fingerprint density at radius 2 is 1.91 bits per heavy atom. The molecule has 0 radical (unpaired) electrons. The third-order valence-electron chi connectivity index (χ3n) is 3.63. The zero-order valence-corrected chi connectivity index (χ0v) is 13.1. The van der Waals surface area contributed by atoms with Gasteiger partial charge in [-0.25, -0.2) is 13.8 Å². The van der Waals surface area contributed by atoms with Gasteiger partial charge in [0.1, 0.15) is 11.6 Å². The van der Waals surface area contributed by atoms with Crippen LogP contribution in [0.2, 0.25) is 0 Å². The third-order valence-corrected chi connectivity index (χ3v) is 3.63. The lowest BCUT2D eigenvalue weighted by atomic mass is 9.99. The quantitative estimate of drug-likeness (QED) is 0.587. The van der Waals surface area contributed by atoms with Gasteiger partial charge in [-0.2, -0.15) is 0 Å². The highest BCUT2D eigenvalue weighted by Crippen LogP contribution is 2.26. The highest BCUT2D eigenvalue weighted by Gasteiger charge is 2.08. The largest absolute Gasteiger partial charge is 0.366 e. The number of hydrogen-bond acceptors (Lipinski definition) is 1. The van der Waals surface area contributed by atoms with Gasteiger partial charge < -0.3 is 4.90 Å². The van der Waals surface area contributed by atoms with Crippen molar-refractivity contribution in [3.63, 3.8) is 0 Å². The molecular formula is C18H20F2N2. The molecule has 2 rings (SSSR count). The number of aliphatic imine (C=N–C) groups is 1. The van der Waals surface area contributed by atoms with Gasteiger partial charge in [0.05, 0.1) is 12.0 Å². The minimum atomic E-state index is -0.330. The molecule has 0 amide bonds. The zero-order chi connectivity index (χ0) is 16.1. The van der Waals surface area contributed by atoms with Gasteiger partial charge in [-0.3, -0.25) is 0 Å². The van der Waals surface area contributed by atoms with E-state index in [2.05, 4.69) is 4.99 Å². The Kier molecular flexibility index (Phi) is 5.26. The normalized spacial score (nSPS) is 11.1. The van der Waals surface area contributed by atoms with Gasteiger partial charge in [-0.15, -0.1) is 0 Å². The summed E-state index contributed by atoms with van der Waals surface area (Å²) in [5, 5.41) is 0. The Bertz CT molecular complexity index is 681. The molecule has 0 aliphatic rings. The molecule has 0 saturated heterocycles. The fraction of sp³-hybridized carbons (Fsp3) is 0.278. The predicted octanol–water partition coefficient (Wildman–Crippen LogP) is 4.48. The van der Waals surface area contributed by atoms with E-state index < -0.39 is 0 Å². The van der Waals surface area contributed by atoms with Crippen molar-refractivity contribution in [2.45, 2.75) is 20.3 Å². The predicted molar refractivity (Wildman–Crippen MR) is 86.8 cm³/mol. The standard InChI is InChI=1S/C18H20F2N2/c1-4-22(3)12-21-18-11-17(20)10-15(13(18)2)8-14-6-5-7-16(19)9-14/h5-7,9-12H,4,8H2,1-3H3/b21-12+. The number of halogens is 2. The van der Waals surface area contributed by atoms with Crippen LogP contribution in [0.5, 0.6) is 0 Å². The Morgan fingerprint density at radius 3 is 2.59 bits per heavy atom. The molecule has 116 valence electrons. The fourth-order valence-electron chi connectivity index (χ4n) is 2.15. The minimum Gasteiger partial charge on any atom is -0.366 e. The van der Waals surface area contributed by atoms with Gasteiger partial charge in [0.15, 0.2) is 0 Å². The maximum atomic E-state index is 13.8. The first-order valence-electron chi connectivity index (χ1n) is 7.27. The van der Waals surface area contributed by atoms with Crippen LogP contribution in [0, 0.1) is 18.6 Å². The molecule has 0 aromatic heterocycles. The molecule has 0 unspecified atom stereocenters. The molecule has 0 aliphatic heterocycles. The Labute approximate surface area is 130 Å². The molecule has 2 aromatic carbocycles. The monoisotopic (exact) mass is 302 g/mol. The summed E-state index contributed by atoms with van der Waals surface area (Å²) in [5.41, 5.74) is 3.14. The van der Waals surface area contributed by atoms with E-state index >= 15 is 0 Å². The van der Waals surface area contributed by atoms with Crippen molar-refractivity contribution >= 4 is 12.0 Å². The summed E-state index contributed by atoms with van der Waals surface area (Å²) in [5.74, 6) is -0.613. The smallest absolute Gasteiger partial charge is 0.125 e. The highest BCUT2D eigenvalue weighted by atomic mass is 19.1. The second-order valence-electron chi connectivity index (χ2n) is 5.33. The lowest BCUT2D eigenvalue weighted by molar-refractivity contribution is 0.552. The summed E-state index contributed by atoms with van der Waals surface area (Å²) in [6.07, 6.45) is 2.17. The summed E-state index contributed by atoms with van der Waals surface area (Å²) < 4.78 is 27.1. The van der Waals surface area contributed by atoms with E-state index in [0.717, 1.165) is 23.2 Å². The molecule has 2 aromatic rings. The highest BCUT2D eigenvalue weighted by molar-refractivity contribution is 5.64. The summed E-state index contributed by atoms with van der Waals surface area (Å²) >= 11 is 0. The van der Waals surface area contributed by atoms with Gasteiger partial charge >= 0.3 is 0 Å². The SMILES string of the molecule is CCN(C)/C=N/c1cc(F)cc(Cc2cccc(F)c2)c1C. The van der Waals surface area contributed by atoms with Crippen molar-refractivity contribution in [2.24, 2.45) is 4.99 Å². The van der Waals surface area contributed by atoms with Crippen LogP contribution in [0.15, 0.2) is 41.4 Å². The van der Waals surface area contributed by atoms with Gasteiger partial charge in [-0.05, 0) is 61.2 Å². The average Bonchev–Trinajstić information content (AvgIpc) is 2.48. The number of hydrogen-bond donors (Lipinski definition) is 0. The second kappa shape index (κ2) is 7.16. The summed E-state index contributed by atoms with van der Waals surface area (Å²) in [6.45, 7) is 4.75. The molecule has 22 heavy (non-hydrogen) atoms. The van der Waals surface area contributed by atoms with E-state index in [0.29, 0.717) is 12.1 Å². The van der Waals surface area contributed by atoms with Crippen LogP contribution in [0.4, 0.5) is 14.5 Å². The van der Waals surface area contributed by atoms with Crippen LogP contribution >= 0.6 is 0 Å². The first-order chi connectivity index (χ1) is 10.5. The van der Waals surface area contributed by atoms with Gasteiger partial charge in [0, 0.05) is 13.6 Å². The van der Waals surface area contributed by atoms with Crippen LogP contribution in [0.3, 0.4) is 0 Å². The van der Waals surface area contributed by atoms with Crippen molar-refractivity contribution in [1.29, 1.82) is 0 Å². The molecule has 0 aliphatic carbocycles. The lowest BCUT2D eigenvalue weighted by Crippen LogP contribution is -2.14. The second-order valence-corrected chi connectivity index (χ2v) is 5.33. The van der Waals surface area contributed by atoms with Crippen molar-refractivity contribution in [2.75, 3.05) is 13.6 Å². The maximum Gasteiger partial charge on any atom is 0.125 e. The van der Waals surface area contributed by atoms with E-state index in [1.54, 1.807) is 12.4 Å². The van der Waals surface area contributed by atoms with Crippen molar-refractivity contribution in [3.05, 3.63) is 64.7 Å². The number of benzene rings is 2. The van der Waals surface area contributed by atoms with Gasteiger partial charge in [0.2, 0.25) is 0 Å². The maximum absolute atomic E-state index is 13.8.